The molecule has 0 aliphatic rings. The van der Waals surface area contributed by atoms with E-state index >= 15 is 0 Å². The lowest BCUT2D eigenvalue weighted by Gasteiger charge is -2.21. The summed E-state index contributed by atoms with van der Waals surface area (Å²) in [6.07, 6.45) is 1.26. The van der Waals surface area contributed by atoms with Gasteiger partial charge in [0.05, 0.1) is 18.3 Å². The van der Waals surface area contributed by atoms with Crippen LogP contribution in [0.4, 0.5) is 0 Å². The van der Waals surface area contributed by atoms with Crippen LogP contribution in [0.1, 0.15) is 65.6 Å². The Morgan fingerprint density at radius 3 is 2.46 bits per heavy atom. The molecule has 1 atom stereocenters. The summed E-state index contributed by atoms with van der Waals surface area (Å²) in [6, 6.07) is 0. The predicted octanol–water partition coefficient (Wildman–Crippen LogP) is 4.56. The lowest BCUT2D eigenvalue weighted by Crippen LogP contribution is -2.39. The number of nitrogens with zero attached hydrogens (tertiary/aromatic N) is 2. The van der Waals surface area contributed by atoms with Crippen LogP contribution >= 0.6 is 35.3 Å². The highest BCUT2D eigenvalue weighted by molar-refractivity contribution is 14.0. The van der Waals surface area contributed by atoms with Gasteiger partial charge in [0.15, 0.2) is 5.96 Å². The third-order valence-electron chi connectivity index (χ3n) is 3.88. The number of guanidine groups is 1. The molecule has 5 nitrogen and oxygen atoms in total. The first-order valence-electron chi connectivity index (χ1n) is 9.36. The van der Waals surface area contributed by atoms with Crippen LogP contribution < -0.4 is 10.6 Å². The van der Waals surface area contributed by atoms with E-state index in [1.165, 1.54) is 0 Å². The molecule has 1 aromatic rings. The van der Waals surface area contributed by atoms with Gasteiger partial charge in [-0.15, -0.1) is 35.3 Å². The first-order chi connectivity index (χ1) is 11.8. The Hall–Kier alpha value is -0.410. The van der Waals surface area contributed by atoms with Gasteiger partial charge in [0.2, 0.25) is 0 Å². The van der Waals surface area contributed by atoms with Gasteiger partial charge in [-0.25, -0.2) is 9.98 Å². The van der Waals surface area contributed by atoms with E-state index in [2.05, 4.69) is 62.5 Å². The normalized spacial score (nSPS) is 13.5. The Morgan fingerprint density at radius 1 is 1.27 bits per heavy atom. The van der Waals surface area contributed by atoms with Crippen molar-refractivity contribution in [1.82, 2.24) is 15.6 Å². The first-order valence-corrected chi connectivity index (χ1v) is 10.2. The van der Waals surface area contributed by atoms with Gasteiger partial charge in [-0.2, -0.15) is 0 Å². The summed E-state index contributed by atoms with van der Waals surface area (Å²) < 4.78 is 5.80. The first kappa shape index (κ1) is 25.6. The van der Waals surface area contributed by atoms with Gasteiger partial charge >= 0.3 is 0 Å². The van der Waals surface area contributed by atoms with E-state index in [0.29, 0.717) is 12.5 Å². The zero-order valence-electron chi connectivity index (χ0n) is 17.4. The summed E-state index contributed by atoms with van der Waals surface area (Å²) in [5.41, 5.74) is 1.23. The Balaban J connectivity index is 0.00000625. The second-order valence-corrected chi connectivity index (χ2v) is 8.47. The largest absolute Gasteiger partial charge is 0.378 e. The highest BCUT2D eigenvalue weighted by Crippen LogP contribution is 2.24. The summed E-state index contributed by atoms with van der Waals surface area (Å²) in [4.78, 5) is 9.37. The number of nitrogens with one attached hydrogen (secondary N) is 2. The minimum atomic E-state index is 0. The highest BCUT2D eigenvalue weighted by Gasteiger charge is 2.17. The topological polar surface area (TPSA) is 58.5 Å². The van der Waals surface area contributed by atoms with Crippen LogP contribution in [0.2, 0.25) is 0 Å². The number of rotatable bonds is 9. The van der Waals surface area contributed by atoms with Crippen LogP contribution in [0.25, 0.3) is 0 Å². The van der Waals surface area contributed by atoms with E-state index < -0.39 is 0 Å². The fourth-order valence-corrected chi connectivity index (χ4v) is 3.32. The number of aromatic nitrogens is 1. The second kappa shape index (κ2) is 12.9. The fourth-order valence-electron chi connectivity index (χ4n) is 2.37. The SMILES string of the molecule is CCNC(=NCc1nc(C(C)(C)C)cs1)NCCC(OCC)C(C)C.I. The molecule has 1 aromatic heterocycles. The number of hydrogen-bond donors (Lipinski definition) is 2. The zero-order valence-corrected chi connectivity index (χ0v) is 20.5. The van der Waals surface area contributed by atoms with Crippen molar-refractivity contribution in [1.29, 1.82) is 0 Å². The molecule has 0 amide bonds. The van der Waals surface area contributed by atoms with Gasteiger partial charge in [-0.3, -0.25) is 0 Å². The molecule has 0 aliphatic heterocycles. The van der Waals surface area contributed by atoms with E-state index in [1.807, 2.05) is 6.92 Å². The van der Waals surface area contributed by atoms with Crippen molar-refractivity contribution in [3.8, 4) is 0 Å². The van der Waals surface area contributed by atoms with Crippen LogP contribution in [0, 0.1) is 5.92 Å². The summed E-state index contributed by atoms with van der Waals surface area (Å²) in [6.45, 7) is 18.1. The third-order valence-corrected chi connectivity index (χ3v) is 4.72. The molecule has 1 unspecified atom stereocenters. The number of aliphatic imine (C=N–C) groups is 1. The van der Waals surface area contributed by atoms with Crippen molar-refractivity contribution in [2.45, 2.75) is 73.0 Å². The van der Waals surface area contributed by atoms with E-state index in [1.54, 1.807) is 11.3 Å². The van der Waals surface area contributed by atoms with Crippen molar-refractivity contribution >= 4 is 41.3 Å². The number of ether oxygens (including phenoxy) is 1. The molecule has 0 radical (unpaired) electrons. The van der Waals surface area contributed by atoms with Crippen molar-refractivity contribution in [3.63, 3.8) is 0 Å². The van der Waals surface area contributed by atoms with E-state index in [9.17, 15) is 0 Å². The highest BCUT2D eigenvalue weighted by atomic mass is 127. The van der Waals surface area contributed by atoms with E-state index in [-0.39, 0.29) is 35.5 Å². The van der Waals surface area contributed by atoms with Crippen molar-refractivity contribution in [2.24, 2.45) is 10.9 Å². The fraction of sp³-hybridized carbons (Fsp3) is 0.789. The maximum atomic E-state index is 5.80. The molecule has 26 heavy (non-hydrogen) atoms. The van der Waals surface area contributed by atoms with E-state index in [4.69, 9.17) is 9.72 Å². The molecule has 0 aromatic carbocycles. The standard InChI is InChI=1S/C19H36N4OS.HI/c1-8-20-18(21-11-10-15(14(3)4)24-9-2)22-12-17-23-16(13-25-17)19(5,6)7;/h13-15H,8-12H2,1-7H3,(H2,20,21,22);1H. The van der Waals surface area contributed by atoms with Crippen LogP contribution in [0.3, 0.4) is 0 Å². The summed E-state index contributed by atoms with van der Waals surface area (Å²) in [7, 11) is 0. The van der Waals surface area contributed by atoms with Gasteiger partial charge in [-0.05, 0) is 26.2 Å². The Kier molecular flexibility index (Phi) is 12.7. The summed E-state index contributed by atoms with van der Waals surface area (Å²) in [5.74, 6) is 1.36. The monoisotopic (exact) mass is 496 g/mol. The maximum Gasteiger partial charge on any atom is 0.191 e. The minimum absolute atomic E-state index is 0. The molecule has 0 bridgehead atoms. The predicted molar refractivity (Wildman–Crippen MR) is 124 cm³/mol. The maximum absolute atomic E-state index is 5.80. The average Bonchev–Trinajstić information content (AvgIpc) is 3.00. The van der Waals surface area contributed by atoms with E-state index in [0.717, 1.165) is 42.8 Å². The van der Waals surface area contributed by atoms with Crippen LogP contribution in [-0.2, 0) is 16.7 Å². The van der Waals surface area contributed by atoms with Crippen LogP contribution in [0.5, 0.6) is 0 Å². The van der Waals surface area contributed by atoms with Gasteiger partial charge in [0, 0.05) is 30.5 Å². The third kappa shape index (κ3) is 9.50. The lowest BCUT2D eigenvalue weighted by molar-refractivity contribution is 0.0258. The lowest BCUT2D eigenvalue weighted by atomic mass is 9.93. The Morgan fingerprint density at radius 2 is 1.96 bits per heavy atom. The molecule has 0 spiro atoms. The minimum Gasteiger partial charge on any atom is -0.378 e. The molecule has 0 aliphatic carbocycles. The molecule has 1 heterocycles. The molecule has 0 saturated heterocycles. The summed E-state index contributed by atoms with van der Waals surface area (Å²) >= 11 is 1.68. The second-order valence-electron chi connectivity index (χ2n) is 7.52. The van der Waals surface area contributed by atoms with Gasteiger partial charge in [0.1, 0.15) is 5.01 Å². The van der Waals surface area contributed by atoms with Gasteiger partial charge in [0.25, 0.3) is 0 Å². The number of thiazole rings is 1. The number of hydrogen-bond acceptors (Lipinski definition) is 4. The van der Waals surface area contributed by atoms with Crippen molar-refractivity contribution in [2.75, 3.05) is 19.7 Å². The quantitative estimate of drug-likeness (QED) is 0.299. The molecule has 2 N–H and O–H groups in total. The zero-order chi connectivity index (χ0) is 18.9. The summed E-state index contributed by atoms with van der Waals surface area (Å²) in [5, 5.41) is 9.90. The average molecular weight is 497 g/mol. The molecule has 152 valence electrons. The van der Waals surface area contributed by atoms with Gasteiger partial charge in [-0.1, -0.05) is 34.6 Å². The van der Waals surface area contributed by atoms with Gasteiger partial charge < -0.3 is 15.4 Å². The van der Waals surface area contributed by atoms with Crippen LogP contribution in [-0.4, -0.2) is 36.7 Å². The molecular weight excluding hydrogens is 459 g/mol. The molecule has 0 fully saturated rings. The van der Waals surface area contributed by atoms with Crippen molar-refractivity contribution in [3.05, 3.63) is 16.1 Å². The molecule has 1 rings (SSSR count). The number of halogens is 1. The smallest absolute Gasteiger partial charge is 0.191 e. The van der Waals surface area contributed by atoms with Crippen molar-refractivity contribution < 1.29 is 4.74 Å². The molecule has 0 saturated carbocycles. The molecule has 7 heteroatoms. The van der Waals surface area contributed by atoms with Crippen LogP contribution in [0.15, 0.2) is 10.4 Å². The Labute approximate surface area is 180 Å². The molecular formula is C19H37IN4OS. The Bertz CT molecular complexity index is 526.